The van der Waals surface area contributed by atoms with Gasteiger partial charge in [-0.15, -0.1) is 11.8 Å². The minimum atomic E-state index is -0.165. The number of hydrogen-bond donors (Lipinski definition) is 1. The molecule has 1 atom stereocenters. The summed E-state index contributed by atoms with van der Waals surface area (Å²) in [6.45, 7) is 0. The highest BCUT2D eigenvalue weighted by Crippen LogP contribution is 2.44. The Hall–Kier alpha value is -2.01. The van der Waals surface area contributed by atoms with E-state index in [-0.39, 0.29) is 11.2 Å². The number of pyridine rings is 1. The molecule has 96 valence electrons. The van der Waals surface area contributed by atoms with Gasteiger partial charge in [0.2, 0.25) is 11.8 Å². The molecule has 0 saturated carbocycles. The molecule has 1 N–H and O–H groups in total. The Labute approximate surface area is 115 Å². The molecule has 1 aliphatic rings. The fourth-order valence-corrected chi connectivity index (χ4v) is 2.79. The second kappa shape index (κ2) is 4.93. The van der Waals surface area contributed by atoms with Gasteiger partial charge < -0.3 is 10.1 Å². The van der Waals surface area contributed by atoms with Crippen LogP contribution in [0.2, 0.25) is 0 Å². The van der Waals surface area contributed by atoms with Gasteiger partial charge in [0.25, 0.3) is 0 Å². The third kappa shape index (κ3) is 2.17. The number of para-hydroxylation sites is 1. The van der Waals surface area contributed by atoms with Crippen LogP contribution in [0.1, 0.15) is 10.8 Å². The molecule has 0 bridgehead atoms. The summed E-state index contributed by atoms with van der Waals surface area (Å²) in [5.41, 5.74) is 1.71. The van der Waals surface area contributed by atoms with E-state index in [0.717, 1.165) is 11.3 Å². The lowest BCUT2D eigenvalue weighted by atomic mass is 10.1. The summed E-state index contributed by atoms with van der Waals surface area (Å²) in [6.07, 6.45) is 3.59. The average molecular weight is 272 g/mol. The van der Waals surface area contributed by atoms with Gasteiger partial charge in [-0.25, -0.2) is 4.98 Å². The van der Waals surface area contributed by atoms with Crippen LogP contribution in [0.15, 0.2) is 42.6 Å². The number of fused-ring (bicyclic) bond motifs is 1. The lowest BCUT2D eigenvalue weighted by Crippen LogP contribution is -2.08. The number of thioether (sulfide) groups is 1. The van der Waals surface area contributed by atoms with Crippen LogP contribution in [-0.2, 0) is 4.79 Å². The van der Waals surface area contributed by atoms with Crippen LogP contribution >= 0.6 is 11.8 Å². The SMILES string of the molecule is CSC1C(=O)Nc2c(Oc3ccccn3)cccc21. The van der Waals surface area contributed by atoms with Gasteiger partial charge in [-0.2, -0.15) is 0 Å². The summed E-state index contributed by atoms with van der Waals surface area (Å²) in [5, 5.41) is 2.71. The third-order valence-electron chi connectivity index (χ3n) is 2.92. The first-order chi connectivity index (χ1) is 9.29. The van der Waals surface area contributed by atoms with Crippen molar-refractivity contribution in [2.24, 2.45) is 0 Å². The van der Waals surface area contributed by atoms with E-state index in [9.17, 15) is 4.79 Å². The van der Waals surface area contributed by atoms with Crippen molar-refractivity contribution in [3.63, 3.8) is 0 Å². The maximum absolute atomic E-state index is 11.9. The molecule has 1 aliphatic heterocycles. The van der Waals surface area contributed by atoms with E-state index in [2.05, 4.69) is 10.3 Å². The van der Waals surface area contributed by atoms with Crippen molar-refractivity contribution >= 4 is 23.4 Å². The van der Waals surface area contributed by atoms with Crippen molar-refractivity contribution in [3.05, 3.63) is 48.2 Å². The molecule has 1 aromatic carbocycles. The molecular weight excluding hydrogens is 260 g/mol. The van der Waals surface area contributed by atoms with Crippen LogP contribution in [0.3, 0.4) is 0 Å². The van der Waals surface area contributed by atoms with E-state index < -0.39 is 0 Å². The molecule has 1 aromatic heterocycles. The van der Waals surface area contributed by atoms with Crippen LogP contribution < -0.4 is 10.1 Å². The van der Waals surface area contributed by atoms with Crippen molar-refractivity contribution in [1.82, 2.24) is 4.98 Å². The predicted molar refractivity (Wildman–Crippen MR) is 75.6 cm³/mol. The zero-order valence-electron chi connectivity index (χ0n) is 10.3. The van der Waals surface area contributed by atoms with Crippen LogP contribution in [0.25, 0.3) is 0 Å². The maximum atomic E-state index is 11.9. The lowest BCUT2D eigenvalue weighted by molar-refractivity contribution is -0.115. The first-order valence-electron chi connectivity index (χ1n) is 5.85. The molecule has 2 aromatic rings. The van der Waals surface area contributed by atoms with Gasteiger partial charge in [0, 0.05) is 17.8 Å². The van der Waals surface area contributed by atoms with Gasteiger partial charge in [0.1, 0.15) is 5.25 Å². The standard InChI is InChI=1S/C14H12N2O2S/c1-19-13-9-5-4-6-10(12(9)16-14(13)17)18-11-7-2-3-8-15-11/h2-8,13H,1H3,(H,16,17). The van der Waals surface area contributed by atoms with Crippen molar-refractivity contribution < 1.29 is 9.53 Å². The molecule has 19 heavy (non-hydrogen) atoms. The molecule has 3 rings (SSSR count). The highest BCUT2D eigenvalue weighted by Gasteiger charge is 2.32. The smallest absolute Gasteiger partial charge is 0.242 e. The van der Waals surface area contributed by atoms with Crippen LogP contribution in [0, 0.1) is 0 Å². The lowest BCUT2D eigenvalue weighted by Gasteiger charge is -2.09. The second-order valence-electron chi connectivity index (χ2n) is 4.10. The molecule has 2 heterocycles. The average Bonchev–Trinajstić information content (AvgIpc) is 2.76. The summed E-state index contributed by atoms with van der Waals surface area (Å²) in [6, 6.07) is 11.1. The minimum absolute atomic E-state index is 0.000397. The summed E-state index contributed by atoms with van der Waals surface area (Å²) in [7, 11) is 0. The van der Waals surface area contributed by atoms with Crippen LogP contribution in [0.4, 0.5) is 5.69 Å². The number of nitrogens with zero attached hydrogens (tertiary/aromatic N) is 1. The van der Waals surface area contributed by atoms with E-state index >= 15 is 0 Å². The summed E-state index contributed by atoms with van der Waals surface area (Å²) in [5.74, 6) is 1.14. The van der Waals surface area contributed by atoms with Gasteiger partial charge in [-0.1, -0.05) is 18.2 Å². The number of nitrogens with one attached hydrogen (secondary N) is 1. The van der Waals surface area contributed by atoms with Crippen molar-refractivity contribution in [2.75, 3.05) is 11.6 Å². The first-order valence-corrected chi connectivity index (χ1v) is 7.14. The number of carbonyl (C=O) groups is 1. The number of hydrogen-bond acceptors (Lipinski definition) is 4. The van der Waals surface area contributed by atoms with Crippen LogP contribution in [0.5, 0.6) is 11.6 Å². The second-order valence-corrected chi connectivity index (χ2v) is 5.04. The molecule has 0 fully saturated rings. The Kier molecular flexibility index (Phi) is 3.13. The largest absolute Gasteiger partial charge is 0.437 e. The first kappa shape index (κ1) is 12.0. The van der Waals surface area contributed by atoms with Crippen molar-refractivity contribution in [2.45, 2.75) is 5.25 Å². The number of rotatable bonds is 3. The predicted octanol–water partition coefficient (Wildman–Crippen LogP) is 3.23. The van der Waals surface area contributed by atoms with E-state index in [4.69, 9.17) is 4.74 Å². The molecule has 0 saturated heterocycles. The topological polar surface area (TPSA) is 51.2 Å². The zero-order valence-corrected chi connectivity index (χ0v) is 11.1. The number of benzene rings is 1. The Morgan fingerprint density at radius 1 is 1.26 bits per heavy atom. The summed E-state index contributed by atoms with van der Waals surface area (Å²) < 4.78 is 5.73. The van der Waals surface area contributed by atoms with Gasteiger partial charge in [-0.05, 0) is 18.4 Å². The van der Waals surface area contributed by atoms with Gasteiger partial charge in [0.15, 0.2) is 5.75 Å². The highest BCUT2D eigenvalue weighted by molar-refractivity contribution is 7.99. The third-order valence-corrected chi connectivity index (χ3v) is 3.85. The van der Waals surface area contributed by atoms with E-state index in [1.165, 1.54) is 11.8 Å². The Morgan fingerprint density at radius 3 is 2.89 bits per heavy atom. The molecular formula is C14H12N2O2S. The highest BCUT2D eigenvalue weighted by atomic mass is 32.2. The number of amides is 1. The molecule has 1 unspecified atom stereocenters. The van der Waals surface area contributed by atoms with Gasteiger partial charge >= 0.3 is 0 Å². The minimum Gasteiger partial charge on any atom is -0.437 e. The van der Waals surface area contributed by atoms with Gasteiger partial charge in [-0.3, -0.25) is 4.79 Å². The molecule has 4 nitrogen and oxygen atoms in total. The Morgan fingerprint density at radius 2 is 2.16 bits per heavy atom. The number of anilines is 1. The summed E-state index contributed by atoms with van der Waals surface area (Å²) >= 11 is 1.51. The van der Waals surface area contributed by atoms with Gasteiger partial charge in [0.05, 0.1) is 5.69 Å². The van der Waals surface area contributed by atoms with E-state index in [1.54, 1.807) is 12.3 Å². The van der Waals surface area contributed by atoms with E-state index in [1.807, 2.05) is 36.6 Å². The molecule has 5 heteroatoms. The van der Waals surface area contributed by atoms with Crippen molar-refractivity contribution in [3.8, 4) is 11.6 Å². The molecule has 0 radical (unpaired) electrons. The number of ether oxygens (including phenoxy) is 1. The zero-order chi connectivity index (χ0) is 13.2. The van der Waals surface area contributed by atoms with E-state index in [0.29, 0.717) is 11.6 Å². The molecule has 1 amide bonds. The fourth-order valence-electron chi connectivity index (χ4n) is 2.07. The normalized spacial score (nSPS) is 16.9. The Bertz CT molecular complexity index is 616. The van der Waals surface area contributed by atoms with Crippen LogP contribution in [-0.4, -0.2) is 17.1 Å². The molecule has 0 aliphatic carbocycles. The monoisotopic (exact) mass is 272 g/mol. The fraction of sp³-hybridized carbons (Fsp3) is 0.143. The number of aromatic nitrogens is 1. The molecule has 0 spiro atoms. The maximum Gasteiger partial charge on any atom is 0.242 e. The quantitative estimate of drug-likeness (QED) is 0.932. The number of carbonyl (C=O) groups excluding carboxylic acids is 1. The van der Waals surface area contributed by atoms with Crippen molar-refractivity contribution in [1.29, 1.82) is 0 Å². The summed E-state index contributed by atoms with van der Waals surface area (Å²) in [4.78, 5) is 16.0. The Balaban J connectivity index is 1.97.